The lowest BCUT2D eigenvalue weighted by Crippen LogP contribution is -2.09. The Balaban J connectivity index is 1.81. The fourth-order valence-electron chi connectivity index (χ4n) is 1.58. The molecule has 1 aromatic heterocycles. The quantitative estimate of drug-likeness (QED) is 0.759. The molecule has 96 valence electrons. The minimum absolute atomic E-state index is 0.573. The van der Waals surface area contributed by atoms with E-state index in [1.807, 2.05) is 24.3 Å². The maximum absolute atomic E-state index is 5.39. The second-order valence-corrected chi connectivity index (χ2v) is 4.02. The molecular formula is C13H18N4O. The van der Waals surface area contributed by atoms with Crippen LogP contribution in [0.5, 0.6) is 0 Å². The summed E-state index contributed by atoms with van der Waals surface area (Å²) in [6, 6.07) is 7.70. The van der Waals surface area contributed by atoms with Crippen LogP contribution in [0.15, 0.2) is 24.3 Å². The van der Waals surface area contributed by atoms with Gasteiger partial charge in [-0.3, -0.25) is 0 Å². The molecular weight excluding hydrogens is 228 g/mol. The van der Waals surface area contributed by atoms with Crippen molar-refractivity contribution < 1.29 is 4.74 Å². The first kappa shape index (κ1) is 12.7. The van der Waals surface area contributed by atoms with Crippen LogP contribution >= 0.6 is 0 Å². The summed E-state index contributed by atoms with van der Waals surface area (Å²) in [4.78, 5) is 4.38. The van der Waals surface area contributed by atoms with E-state index in [-0.39, 0.29) is 0 Å². The summed E-state index contributed by atoms with van der Waals surface area (Å²) in [5.41, 5.74) is 1.67. The zero-order valence-electron chi connectivity index (χ0n) is 10.6. The van der Waals surface area contributed by atoms with Gasteiger partial charge in [-0.1, -0.05) is 19.1 Å². The molecule has 0 spiro atoms. The van der Waals surface area contributed by atoms with Crippen molar-refractivity contribution in [2.75, 3.05) is 25.1 Å². The van der Waals surface area contributed by atoms with Crippen molar-refractivity contribution in [2.45, 2.75) is 19.8 Å². The summed E-state index contributed by atoms with van der Waals surface area (Å²) >= 11 is 0. The summed E-state index contributed by atoms with van der Waals surface area (Å²) in [6.45, 7) is 4.49. The number of benzene rings is 1. The van der Waals surface area contributed by atoms with Gasteiger partial charge in [0, 0.05) is 19.8 Å². The number of nitrogens with one attached hydrogen (secondary N) is 1. The summed E-state index contributed by atoms with van der Waals surface area (Å²) in [6.07, 6.45) is 2.00. The maximum Gasteiger partial charge on any atom is 0.243 e. The maximum atomic E-state index is 5.39. The number of aromatic nitrogens is 3. The van der Waals surface area contributed by atoms with Gasteiger partial charge in [-0.2, -0.15) is 0 Å². The van der Waals surface area contributed by atoms with Gasteiger partial charge in [-0.05, 0) is 25.0 Å². The van der Waals surface area contributed by atoms with Gasteiger partial charge in [0.2, 0.25) is 5.95 Å². The second-order valence-electron chi connectivity index (χ2n) is 4.02. The Hall–Kier alpha value is -1.75. The predicted molar refractivity (Wildman–Crippen MR) is 71.5 cm³/mol. The number of anilines is 1. The summed E-state index contributed by atoms with van der Waals surface area (Å²) in [5, 5.41) is 11.3. The van der Waals surface area contributed by atoms with E-state index in [0.29, 0.717) is 5.95 Å². The monoisotopic (exact) mass is 246 g/mol. The lowest BCUT2D eigenvalue weighted by Gasteiger charge is -2.05. The van der Waals surface area contributed by atoms with E-state index in [1.165, 1.54) is 0 Å². The van der Waals surface area contributed by atoms with E-state index in [1.54, 1.807) is 0 Å². The van der Waals surface area contributed by atoms with Crippen LogP contribution in [-0.2, 0) is 4.74 Å². The molecule has 1 heterocycles. The van der Waals surface area contributed by atoms with E-state index < -0.39 is 0 Å². The summed E-state index contributed by atoms with van der Waals surface area (Å²) < 4.78 is 5.39. The molecule has 2 rings (SSSR count). The molecule has 0 bridgehead atoms. The molecule has 18 heavy (non-hydrogen) atoms. The Morgan fingerprint density at radius 2 is 1.94 bits per heavy atom. The fraction of sp³-hybridized carbons (Fsp3) is 0.462. The van der Waals surface area contributed by atoms with Crippen molar-refractivity contribution in [2.24, 2.45) is 0 Å². The van der Waals surface area contributed by atoms with Crippen molar-refractivity contribution in [3.8, 4) is 0 Å². The molecule has 5 nitrogen and oxygen atoms in total. The Bertz CT molecular complexity index is 489. The largest absolute Gasteiger partial charge is 0.381 e. The third-order valence-electron chi connectivity index (χ3n) is 2.46. The molecule has 0 unspecified atom stereocenters. The van der Waals surface area contributed by atoms with E-state index in [0.717, 1.165) is 43.6 Å². The predicted octanol–water partition coefficient (Wildman–Crippen LogP) is 2.25. The SMILES string of the molecule is CCCOCCCNc1nnc2ccccc2n1. The highest BCUT2D eigenvalue weighted by Crippen LogP contribution is 2.08. The van der Waals surface area contributed by atoms with Crippen LogP contribution in [0.2, 0.25) is 0 Å². The number of hydrogen-bond acceptors (Lipinski definition) is 5. The van der Waals surface area contributed by atoms with Crippen molar-refractivity contribution in [3.63, 3.8) is 0 Å². The highest BCUT2D eigenvalue weighted by Gasteiger charge is 1.99. The van der Waals surface area contributed by atoms with Gasteiger partial charge in [0.15, 0.2) is 0 Å². The van der Waals surface area contributed by atoms with Gasteiger partial charge in [0.1, 0.15) is 5.52 Å². The average molecular weight is 246 g/mol. The molecule has 0 fully saturated rings. The van der Waals surface area contributed by atoms with Crippen molar-refractivity contribution in [1.82, 2.24) is 15.2 Å². The van der Waals surface area contributed by atoms with E-state index in [9.17, 15) is 0 Å². The standard InChI is InChI=1S/C13H18N4O/c1-2-9-18-10-5-8-14-13-15-11-6-3-4-7-12(11)16-17-13/h3-4,6-7H,2,5,8-10H2,1H3,(H,14,15,17). The van der Waals surface area contributed by atoms with Gasteiger partial charge >= 0.3 is 0 Å². The molecule has 0 atom stereocenters. The number of hydrogen-bond donors (Lipinski definition) is 1. The van der Waals surface area contributed by atoms with Gasteiger partial charge in [0.25, 0.3) is 0 Å². The zero-order chi connectivity index (χ0) is 12.6. The van der Waals surface area contributed by atoms with E-state index in [2.05, 4.69) is 27.4 Å². The van der Waals surface area contributed by atoms with Gasteiger partial charge in [0.05, 0.1) is 5.52 Å². The number of para-hydroxylation sites is 1. The first-order chi connectivity index (χ1) is 8.90. The minimum Gasteiger partial charge on any atom is -0.381 e. The molecule has 5 heteroatoms. The minimum atomic E-state index is 0.573. The van der Waals surface area contributed by atoms with Gasteiger partial charge in [-0.15, -0.1) is 10.2 Å². The average Bonchev–Trinajstić information content (AvgIpc) is 2.42. The molecule has 2 aromatic rings. The smallest absolute Gasteiger partial charge is 0.243 e. The van der Waals surface area contributed by atoms with Crippen molar-refractivity contribution in [1.29, 1.82) is 0 Å². The molecule has 0 radical (unpaired) electrons. The molecule has 0 saturated heterocycles. The van der Waals surface area contributed by atoms with E-state index >= 15 is 0 Å². The van der Waals surface area contributed by atoms with Gasteiger partial charge < -0.3 is 10.1 Å². The first-order valence-corrected chi connectivity index (χ1v) is 6.31. The molecule has 1 aromatic carbocycles. The Labute approximate surface area is 107 Å². The van der Waals surface area contributed by atoms with Crippen LogP contribution in [0.1, 0.15) is 19.8 Å². The normalized spacial score (nSPS) is 10.7. The van der Waals surface area contributed by atoms with Gasteiger partial charge in [-0.25, -0.2) is 4.98 Å². The lowest BCUT2D eigenvalue weighted by molar-refractivity contribution is 0.134. The first-order valence-electron chi connectivity index (χ1n) is 6.31. The van der Waals surface area contributed by atoms with Crippen LogP contribution in [-0.4, -0.2) is 34.9 Å². The lowest BCUT2D eigenvalue weighted by atomic mass is 10.3. The molecule has 1 N–H and O–H groups in total. The Kier molecular flexibility index (Phi) is 4.84. The number of nitrogens with zero attached hydrogens (tertiary/aromatic N) is 3. The molecule has 0 amide bonds. The molecule has 0 aliphatic heterocycles. The zero-order valence-corrected chi connectivity index (χ0v) is 10.6. The number of fused-ring (bicyclic) bond motifs is 1. The summed E-state index contributed by atoms with van der Waals surface area (Å²) in [5.74, 6) is 0.573. The highest BCUT2D eigenvalue weighted by atomic mass is 16.5. The fourth-order valence-corrected chi connectivity index (χ4v) is 1.58. The highest BCUT2D eigenvalue weighted by molar-refractivity contribution is 5.73. The van der Waals surface area contributed by atoms with E-state index in [4.69, 9.17) is 4.74 Å². The van der Waals surface area contributed by atoms with Crippen molar-refractivity contribution in [3.05, 3.63) is 24.3 Å². The summed E-state index contributed by atoms with van der Waals surface area (Å²) in [7, 11) is 0. The molecule has 0 aliphatic rings. The Morgan fingerprint density at radius 3 is 2.78 bits per heavy atom. The third kappa shape index (κ3) is 3.63. The van der Waals surface area contributed by atoms with Crippen molar-refractivity contribution >= 4 is 17.0 Å². The molecule has 0 aliphatic carbocycles. The topological polar surface area (TPSA) is 59.9 Å². The van der Waals surface area contributed by atoms with Crippen LogP contribution in [0.25, 0.3) is 11.0 Å². The van der Waals surface area contributed by atoms with Crippen LogP contribution in [0, 0.1) is 0 Å². The van der Waals surface area contributed by atoms with Crippen LogP contribution < -0.4 is 5.32 Å². The second kappa shape index (κ2) is 6.86. The van der Waals surface area contributed by atoms with Crippen LogP contribution in [0.4, 0.5) is 5.95 Å². The molecule has 0 saturated carbocycles. The number of rotatable bonds is 7. The number of ether oxygens (including phenoxy) is 1. The third-order valence-corrected chi connectivity index (χ3v) is 2.46. The van der Waals surface area contributed by atoms with Crippen LogP contribution in [0.3, 0.4) is 0 Å². The Morgan fingerprint density at radius 1 is 1.11 bits per heavy atom.